The Hall–Kier alpha value is -3.35. The van der Waals surface area contributed by atoms with Crippen LogP contribution in [0, 0.1) is 16.7 Å². The monoisotopic (exact) mass is 467 g/mol. The zero-order chi connectivity index (χ0) is 25.1. The summed E-state index contributed by atoms with van der Waals surface area (Å²) >= 11 is 0. The number of carboxylic acids is 2. The summed E-state index contributed by atoms with van der Waals surface area (Å²) in [7, 11) is 1.49. The molecule has 2 aromatic rings. The molecule has 2 N–H and O–H groups in total. The van der Waals surface area contributed by atoms with Gasteiger partial charge in [-0.1, -0.05) is 56.3 Å². The molecule has 0 spiro atoms. The molecule has 0 saturated heterocycles. The number of carbonyl (C=O) groups excluding carboxylic acids is 1. The van der Waals surface area contributed by atoms with E-state index in [0.29, 0.717) is 25.2 Å². The molecule has 0 aliphatic heterocycles. The second-order valence-corrected chi connectivity index (χ2v) is 9.88. The average Bonchev–Trinajstić information content (AvgIpc) is 3.06. The van der Waals surface area contributed by atoms with Crippen molar-refractivity contribution in [1.29, 1.82) is 0 Å². The van der Waals surface area contributed by atoms with Gasteiger partial charge in [0.05, 0.1) is 5.41 Å². The second-order valence-electron chi connectivity index (χ2n) is 9.88. The zero-order valence-electron chi connectivity index (χ0n) is 20.2. The Labute approximate surface area is 200 Å². The molecule has 0 bridgehead atoms. The van der Waals surface area contributed by atoms with Crippen LogP contribution in [0.2, 0.25) is 0 Å². The summed E-state index contributed by atoms with van der Waals surface area (Å²) in [5.74, 6) is -2.25. The van der Waals surface area contributed by atoms with Crippen LogP contribution in [-0.2, 0) is 27.4 Å². The number of carbonyl (C=O) groups is 3. The van der Waals surface area contributed by atoms with Crippen LogP contribution in [0.4, 0.5) is 0 Å². The predicted molar refractivity (Wildman–Crippen MR) is 127 cm³/mol. The average molecular weight is 468 g/mol. The molecule has 1 fully saturated rings. The van der Waals surface area contributed by atoms with Crippen molar-refractivity contribution < 1.29 is 29.3 Å². The first-order chi connectivity index (χ1) is 16.0. The molecular weight excluding hydrogens is 434 g/mol. The lowest BCUT2D eigenvalue weighted by atomic mass is 9.65. The van der Waals surface area contributed by atoms with Gasteiger partial charge in [-0.2, -0.15) is 0 Å². The largest absolute Gasteiger partial charge is 0.489 e. The van der Waals surface area contributed by atoms with Crippen molar-refractivity contribution in [3.8, 4) is 5.75 Å². The highest BCUT2D eigenvalue weighted by atomic mass is 16.5. The number of nitrogens with zero attached hydrogens (tertiary/aromatic N) is 1. The van der Waals surface area contributed by atoms with Crippen molar-refractivity contribution in [2.45, 2.75) is 52.7 Å². The zero-order valence-corrected chi connectivity index (χ0v) is 20.2. The molecule has 1 aliphatic carbocycles. The quantitative estimate of drug-likeness (QED) is 0.571. The van der Waals surface area contributed by atoms with E-state index in [1.807, 2.05) is 30.3 Å². The number of hydrogen-bond acceptors (Lipinski definition) is 4. The van der Waals surface area contributed by atoms with Crippen LogP contribution < -0.4 is 4.74 Å². The maximum absolute atomic E-state index is 13.3. The Balaban J connectivity index is 1.68. The van der Waals surface area contributed by atoms with E-state index in [1.165, 1.54) is 11.9 Å². The van der Waals surface area contributed by atoms with Gasteiger partial charge >= 0.3 is 11.9 Å². The third kappa shape index (κ3) is 4.93. The van der Waals surface area contributed by atoms with Crippen molar-refractivity contribution in [3.63, 3.8) is 0 Å². The van der Waals surface area contributed by atoms with Gasteiger partial charge in [0.15, 0.2) is 0 Å². The molecule has 34 heavy (non-hydrogen) atoms. The third-order valence-corrected chi connectivity index (χ3v) is 7.70. The summed E-state index contributed by atoms with van der Waals surface area (Å²) in [5.41, 5.74) is -0.0281. The molecule has 7 heteroatoms. The molecular formula is C27H33NO6. The number of likely N-dealkylation sites (N-methyl/N-ethyl adjacent to an activating group) is 1. The van der Waals surface area contributed by atoms with Crippen molar-refractivity contribution in [2.75, 3.05) is 7.05 Å². The molecule has 0 radical (unpaired) electrons. The SMILES string of the molecule is CN(C(=O)[C@H]1CC[C@@](C)(C(=O)O)C1(C)C)[C@@H](Cc1ccc(OCc2ccccc2)cc1)C(=O)O. The van der Waals surface area contributed by atoms with E-state index in [0.717, 1.165) is 11.1 Å². The highest BCUT2D eigenvalue weighted by Gasteiger charge is 2.59. The van der Waals surface area contributed by atoms with Crippen LogP contribution in [0.25, 0.3) is 0 Å². The number of ether oxygens (including phenoxy) is 1. The van der Waals surface area contributed by atoms with Crippen molar-refractivity contribution in [1.82, 2.24) is 4.90 Å². The molecule has 0 aromatic heterocycles. The van der Waals surface area contributed by atoms with E-state index in [-0.39, 0.29) is 12.3 Å². The van der Waals surface area contributed by atoms with Gasteiger partial charge < -0.3 is 19.8 Å². The number of amides is 1. The minimum absolute atomic E-state index is 0.139. The summed E-state index contributed by atoms with van der Waals surface area (Å²) in [4.78, 5) is 38.6. The van der Waals surface area contributed by atoms with Crippen LogP contribution in [0.5, 0.6) is 5.75 Å². The van der Waals surface area contributed by atoms with Gasteiger partial charge in [0, 0.05) is 19.4 Å². The Bertz CT molecular complexity index is 1030. The van der Waals surface area contributed by atoms with Gasteiger partial charge in [0.2, 0.25) is 5.91 Å². The lowest BCUT2D eigenvalue weighted by molar-refractivity contribution is -0.159. The van der Waals surface area contributed by atoms with E-state index < -0.39 is 34.7 Å². The molecule has 1 saturated carbocycles. The molecule has 182 valence electrons. The Kier molecular flexibility index (Phi) is 7.34. The van der Waals surface area contributed by atoms with Crippen LogP contribution >= 0.6 is 0 Å². The van der Waals surface area contributed by atoms with Gasteiger partial charge in [-0.05, 0) is 48.4 Å². The van der Waals surface area contributed by atoms with E-state index in [2.05, 4.69) is 0 Å². The van der Waals surface area contributed by atoms with E-state index in [9.17, 15) is 24.6 Å². The highest BCUT2D eigenvalue weighted by molar-refractivity contribution is 5.87. The van der Waals surface area contributed by atoms with Gasteiger partial charge in [0.25, 0.3) is 0 Å². The minimum Gasteiger partial charge on any atom is -0.489 e. The third-order valence-electron chi connectivity index (χ3n) is 7.70. The van der Waals surface area contributed by atoms with Crippen LogP contribution in [0.15, 0.2) is 54.6 Å². The summed E-state index contributed by atoms with van der Waals surface area (Å²) in [6.45, 7) is 5.67. The summed E-state index contributed by atoms with van der Waals surface area (Å²) in [6, 6.07) is 15.9. The topological polar surface area (TPSA) is 104 Å². The number of rotatable bonds is 9. The second kappa shape index (κ2) is 9.87. The summed E-state index contributed by atoms with van der Waals surface area (Å²) in [6.07, 6.45) is 0.931. The Morgan fingerprint density at radius 2 is 1.62 bits per heavy atom. The molecule has 2 aromatic carbocycles. The lowest BCUT2D eigenvalue weighted by Crippen LogP contribution is -2.50. The van der Waals surface area contributed by atoms with Crippen LogP contribution in [-0.4, -0.2) is 46.0 Å². The van der Waals surface area contributed by atoms with Gasteiger partial charge in [-0.3, -0.25) is 9.59 Å². The number of hydrogen-bond donors (Lipinski definition) is 2. The predicted octanol–water partition coefficient (Wildman–Crippen LogP) is 4.25. The fourth-order valence-electron chi connectivity index (χ4n) is 4.79. The van der Waals surface area contributed by atoms with Crippen LogP contribution in [0.1, 0.15) is 44.7 Å². The van der Waals surface area contributed by atoms with Gasteiger partial charge in [-0.25, -0.2) is 4.79 Å². The molecule has 3 rings (SSSR count). The van der Waals surface area contributed by atoms with E-state index in [4.69, 9.17) is 4.74 Å². The number of benzene rings is 2. The van der Waals surface area contributed by atoms with E-state index in [1.54, 1.807) is 45.0 Å². The fraction of sp³-hybridized carbons (Fsp3) is 0.444. The first-order valence-electron chi connectivity index (χ1n) is 11.5. The first-order valence-corrected chi connectivity index (χ1v) is 11.5. The molecule has 3 atom stereocenters. The summed E-state index contributed by atoms with van der Waals surface area (Å²) in [5, 5.41) is 19.6. The number of aliphatic carboxylic acids is 2. The number of carboxylic acid groups (broad SMARTS) is 2. The standard InChI is InChI=1S/C27H33NO6/c1-26(2)21(14-15-27(26,3)25(32)33)23(29)28(4)22(24(30)31)16-18-10-12-20(13-11-18)34-17-19-8-6-5-7-9-19/h5-13,21-22H,14-17H2,1-4H3,(H,30,31)(H,32,33)/t21-,22+,27+/m1/s1. The van der Waals surface area contributed by atoms with Crippen molar-refractivity contribution in [2.24, 2.45) is 16.7 Å². The van der Waals surface area contributed by atoms with Crippen molar-refractivity contribution in [3.05, 3.63) is 65.7 Å². The van der Waals surface area contributed by atoms with Crippen molar-refractivity contribution >= 4 is 17.8 Å². The molecule has 1 amide bonds. The molecule has 0 unspecified atom stereocenters. The minimum atomic E-state index is -1.10. The Morgan fingerprint density at radius 1 is 1.00 bits per heavy atom. The maximum Gasteiger partial charge on any atom is 0.326 e. The lowest BCUT2D eigenvalue weighted by Gasteiger charge is -2.39. The maximum atomic E-state index is 13.3. The summed E-state index contributed by atoms with van der Waals surface area (Å²) < 4.78 is 5.79. The van der Waals surface area contributed by atoms with Gasteiger partial charge in [0.1, 0.15) is 18.4 Å². The first kappa shape index (κ1) is 25.3. The fourth-order valence-corrected chi connectivity index (χ4v) is 4.79. The van der Waals surface area contributed by atoms with Gasteiger partial charge in [-0.15, -0.1) is 0 Å². The molecule has 0 heterocycles. The molecule has 1 aliphatic rings. The molecule has 7 nitrogen and oxygen atoms in total. The Morgan fingerprint density at radius 3 is 2.15 bits per heavy atom. The smallest absolute Gasteiger partial charge is 0.326 e. The van der Waals surface area contributed by atoms with E-state index >= 15 is 0 Å². The highest BCUT2D eigenvalue weighted by Crippen LogP contribution is 2.56. The normalized spacial score (nSPS) is 22.1. The van der Waals surface area contributed by atoms with Crippen LogP contribution in [0.3, 0.4) is 0 Å².